The molecule has 3 fully saturated rings. The van der Waals surface area contributed by atoms with Crippen LogP contribution in [0.4, 0.5) is 14.5 Å². The first-order valence-corrected chi connectivity index (χ1v) is 10.7. The lowest BCUT2D eigenvalue weighted by atomic mass is 9.89. The monoisotopic (exact) mass is 443 g/mol. The zero-order chi connectivity index (χ0) is 21.8. The molecule has 0 saturated carbocycles. The molecule has 3 heterocycles. The summed E-state index contributed by atoms with van der Waals surface area (Å²) in [5.41, 5.74) is 0.896. The van der Waals surface area contributed by atoms with Gasteiger partial charge in [0.25, 0.3) is 5.91 Å². The molecule has 2 aromatic rings. The SMILES string of the molecule is N#Cc1ccc(N2CCC3(CC2)O[C@@H]2CC[C@@H](c4cc(F)cc(F)c4)N2C3=O)cc1Cl. The van der Waals surface area contributed by atoms with Gasteiger partial charge in [0.1, 0.15) is 23.9 Å². The number of amides is 1. The predicted octanol–water partition coefficient (Wildman–Crippen LogP) is 4.55. The van der Waals surface area contributed by atoms with Crippen molar-refractivity contribution in [3.05, 3.63) is 64.2 Å². The number of anilines is 1. The van der Waals surface area contributed by atoms with Crippen LogP contribution in [0, 0.1) is 23.0 Å². The smallest absolute Gasteiger partial charge is 0.257 e. The highest BCUT2D eigenvalue weighted by atomic mass is 35.5. The Hall–Kier alpha value is -2.69. The van der Waals surface area contributed by atoms with Crippen LogP contribution in [0.5, 0.6) is 0 Å². The Morgan fingerprint density at radius 3 is 2.45 bits per heavy atom. The number of benzene rings is 2. The van der Waals surface area contributed by atoms with Crippen LogP contribution in [0.25, 0.3) is 0 Å². The van der Waals surface area contributed by atoms with E-state index in [0.29, 0.717) is 54.9 Å². The van der Waals surface area contributed by atoms with Gasteiger partial charge in [-0.15, -0.1) is 0 Å². The summed E-state index contributed by atoms with van der Waals surface area (Å²) < 4.78 is 33.8. The molecule has 1 amide bonds. The van der Waals surface area contributed by atoms with Crippen LogP contribution in [0.3, 0.4) is 0 Å². The van der Waals surface area contributed by atoms with Gasteiger partial charge in [-0.05, 0) is 48.7 Å². The molecule has 3 saturated heterocycles. The average molecular weight is 444 g/mol. The van der Waals surface area contributed by atoms with Gasteiger partial charge < -0.3 is 14.5 Å². The molecule has 2 atom stereocenters. The van der Waals surface area contributed by atoms with Gasteiger partial charge in [-0.2, -0.15) is 5.26 Å². The zero-order valence-corrected chi connectivity index (χ0v) is 17.4. The first-order chi connectivity index (χ1) is 14.9. The highest BCUT2D eigenvalue weighted by molar-refractivity contribution is 6.32. The second-order valence-electron chi connectivity index (χ2n) is 8.34. The molecule has 8 heteroatoms. The second kappa shape index (κ2) is 7.47. The van der Waals surface area contributed by atoms with Crippen LogP contribution in [0.2, 0.25) is 5.02 Å². The lowest BCUT2D eigenvalue weighted by Crippen LogP contribution is -2.50. The molecule has 0 aromatic heterocycles. The Morgan fingerprint density at radius 1 is 1.10 bits per heavy atom. The number of halogens is 3. The van der Waals surface area contributed by atoms with E-state index < -0.39 is 17.2 Å². The molecule has 1 spiro atoms. The van der Waals surface area contributed by atoms with E-state index >= 15 is 0 Å². The highest BCUT2D eigenvalue weighted by Crippen LogP contribution is 2.48. The third-order valence-corrected chi connectivity index (χ3v) is 6.91. The van der Waals surface area contributed by atoms with Crippen LogP contribution in [-0.4, -0.2) is 35.7 Å². The van der Waals surface area contributed by atoms with E-state index in [1.54, 1.807) is 17.0 Å². The lowest BCUT2D eigenvalue weighted by molar-refractivity contribution is -0.140. The molecule has 3 aliphatic heterocycles. The molecule has 5 nitrogen and oxygen atoms in total. The Balaban J connectivity index is 1.33. The second-order valence-corrected chi connectivity index (χ2v) is 8.75. The Bertz CT molecular complexity index is 1070. The molecule has 0 unspecified atom stereocenters. The molecular formula is C23H20ClF2N3O2. The van der Waals surface area contributed by atoms with Crippen molar-refractivity contribution in [3.63, 3.8) is 0 Å². The fraction of sp³-hybridized carbons (Fsp3) is 0.391. The molecule has 0 N–H and O–H groups in total. The standard InChI is InChI=1S/C23H20ClF2N3O2/c24-19-12-18(2-1-14(19)13-27)28-7-5-23(6-8-28)22(30)29-20(3-4-21(29)31-23)15-9-16(25)11-17(26)10-15/h1-2,9-12,20-21H,3-8H2/t20-,21+/m0/s1. The van der Waals surface area contributed by atoms with Crippen LogP contribution in [-0.2, 0) is 9.53 Å². The maximum atomic E-state index is 13.7. The molecule has 31 heavy (non-hydrogen) atoms. The Morgan fingerprint density at radius 2 is 1.81 bits per heavy atom. The number of piperidine rings is 1. The molecule has 0 bridgehead atoms. The van der Waals surface area contributed by atoms with Gasteiger partial charge in [-0.3, -0.25) is 4.79 Å². The number of ether oxygens (including phenoxy) is 1. The summed E-state index contributed by atoms with van der Waals surface area (Å²) in [6.07, 6.45) is 1.93. The van der Waals surface area contributed by atoms with Crippen LogP contribution < -0.4 is 4.90 Å². The number of carbonyl (C=O) groups is 1. The summed E-state index contributed by atoms with van der Waals surface area (Å²) in [6, 6.07) is 10.4. The fourth-order valence-electron chi connectivity index (χ4n) is 5.06. The normalized spacial score (nSPS) is 24.5. The number of nitriles is 1. The van der Waals surface area contributed by atoms with E-state index in [4.69, 9.17) is 21.6 Å². The third kappa shape index (κ3) is 3.35. The Kier molecular flexibility index (Phi) is 4.87. The van der Waals surface area contributed by atoms with Crippen molar-refractivity contribution in [2.45, 2.75) is 43.6 Å². The molecule has 2 aromatic carbocycles. The van der Waals surface area contributed by atoms with Crippen molar-refractivity contribution in [2.75, 3.05) is 18.0 Å². The molecule has 0 aliphatic carbocycles. The number of rotatable bonds is 2. The zero-order valence-electron chi connectivity index (χ0n) is 16.7. The van der Waals surface area contributed by atoms with Crippen molar-refractivity contribution >= 4 is 23.2 Å². The predicted molar refractivity (Wildman–Crippen MR) is 110 cm³/mol. The van der Waals surface area contributed by atoms with Gasteiger partial charge in [0.2, 0.25) is 0 Å². The van der Waals surface area contributed by atoms with Gasteiger partial charge >= 0.3 is 0 Å². The van der Waals surface area contributed by atoms with E-state index in [-0.39, 0.29) is 18.2 Å². The van der Waals surface area contributed by atoms with Crippen LogP contribution in [0.15, 0.2) is 36.4 Å². The van der Waals surface area contributed by atoms with Gasteiger partial charge in [0.05, 0.1) is 16.6 Å². The summed E-state index contributed by atoms with van der Waals surface area (Å²) in [4.78, 5) is 17.2. The minimum atomic E-state index is -0.901. The third-order valence-electron chi connectivity index (χ3n) is 6.60. The van der Waals surface area contributed by atoms with Gasteiger partial charge in [0, 0.05) is 37.7 Å². The number of hydrogen-bond acceptors (Lipinski definition) is 4. The summed E-state index contributed by atoms with van der Waals surface area (Å²) in [6.45, 7) is 1.21. The molecule has 3 aliphatic rings. The van der Waals surface area contributed by atoms with E-state index in [2.05, 4.69) is 11.0 Å². The Labute approximate surface area is 183 Å². The van der Waals surface area contributed by atoms with Gasteiger partial charge in [-0.25, -0.2) is 8.78 Å². The summed E-state index contributed by atoms with van der Waals surface area (Å²) >= 11 is 6.17. The molecule has 5 rings (SSSR count). The average Bonchev–Trinajstić information content (AvgIpc) is 3.26. The topological polar surface area (TPSA) is 56.6 Å². The van der Waals surface area contributed by atoms with E-state index in [1.807, 2.05) is 6.07 Å². The van der Waals surface area contributed by atoms with E-state index in [1.165, 1.54) is 12.1 Å². The van der Waals surface area contributed by atoms with Gasteiger partial charge in [0.15, 0.2) is 5.60 Å². The van der Waals surface area contributed by atoms with Crippen molar-refractivity contribution in [1.29, 1.82) is 5.26 Å². The summed E-state index contributed by atoms with van der Waals surface area (Å²) in [5, 5.41) is 9.45. The minimum Gasteiger partial charge on any atom is -0.371 e. The van der Waals surface area contributed by atoms with Crippen molar-refractivity contribution < 1.29 is 18.3 Å². The number of nitrogens with zero attached hydrogens (tertiary/aromatic N) is 3. The minimum absolute atomic E-state index is 0.0952. The molecule has 160 valence electrons. The maximum absolute atomic E-state index is 13.7. The van der Waals surface area contributed by atoms with Crippen LogP contribution >= 0.6 is 11.6 Å². The number of fused-ring (bicyclic) bond motifs is 1. The van der Waals surface area contributed by atoms with E-state index in [9.17, 15) is 13.6 Å². The highest BCUT2D eigenvalue weighted by Gasteiger charge is 2.58. The lowest BCUT2D eigenvalue weighted by Gasteiger charge is -2.38. The largest absolute Gasteiger partial charge is 0.371 e. The number of carbonyl (C=O) groups excluding carboxylic acids is 1. The first-order valence-electron chi connectivity index (χ1n) is 10.3. The maximum Gasteiger partial charge on any atom is 0.257 e. The van der Waals surface area contributed by atoms with E-state index in [0.717, 1.165) is 11.8 Å². The first kappa shape index (κ1) is 20.2. The molecule has 0 radical (unpaired) electrons. The molecular weight excluding hydrogens is 424 g/mol. The quantitative estimate of drug-likeness (QED) is 0.683. The number of hydrogen-bond donors (Lipinski definition) is 0. The van der Waals surface area contributed by atoms with Crippen molar-refractivity contribution in [1.82, 2.24) is 4.90 Å². The summed E-state index contributed by atoms with van der Waals surface area (Å²) in [7, 11) is 0. The fourth-order valence-corrected chi connectivity index (χ4v) is 5.27. The van der Waals surface area contributed by atoms with Gasteiger partial charge in [-0.1, -0.05) is 11.6 Å². The van der Waals surface area contributed by atoms with Crippen molar-refractivity contribution in [2.24, 2.45) is 0 Å². The van der Waals surface area contributed by atoms with Crippen LogP contribution in [0.1, 0.15) is 42.9 Å². The van der Waals surface area contributed by atoms with Crippen molar-refractivity contribution in [3.8, 4) is 6.07 Å². The summed E-state index contributed by atoms with van der Waals surface area (Å²) in [5.74, 6) is -1.38.